The molecular formula is C13H18F2N2. The number of nitrogens with zero attached hydrogens (tertiary/aromatic N) is 1. The molecule has 94 valence electrons. The summed E-state index contributed by atoms with van der Waals surface area (Å²) in [6, 6.07) is 3.99. The maximum atomic E-state index is 13.1. The number of rotatable bonds is 4. The van der Waals surface area contributed by atoms with E-state index in [-0.39, 0.29) is 24.8 Å². The van der Waals surface area contributed by atoms with Crippen LogP contribution in [0.1, 0.15) is 37.3 Å². The van der Waals surface area contributed by atoms with Crippen LogP contribution in [0.5, 0.6) is 0 Å². The Kier molecular flexibility index (Phi) is 3.72. The average molecular weight is 240 g/mol. The number of hydrogen-bond acceptors (Lipinski definition) is 2. The first-order valence-electron chi connectivity index (χ1n) is 6.06. The molecule has 4 heteroatoms. The number of halogens is 2. The number of pyridine rings is 1. The lowest BCUT2D eigenvalue weighted by molar-refractivity contribution is 0.00433. The van der Waals surface area contributed by atoms with Gasteiger partial charge >= 0.3 is 0 Å². The topological polar surface area (TPSA) is 24.9 Å². The quantitative estimate of drug-likeness (QED) is 0.874. The van der Waals surface area contributed by atoms with Gasteiger partial charge in [0.05, 0.1) is 0 Å². The molecule has 1 N–H and O–H groups in total. The zero-order valence-electron chi connectivity index (χ0n) is 10.00. The molecule has 0 radical (unpaired) electrons. The van der Waals surface area contributed by atoms with Crippen LogP contribution in [0.25, 0.3) is 0 Å². The Labute approximate surface area is 100 Å². The van der Waals surface area contributed by atoms with Crippen molar-refractivity contribution in [2.75, 3.05) is 7.05 Å². The Balaban J connectivity index is 1.97. The van der Waals surface area contributed by atoms with Crippen molar-refractivity contribution in [2.24, 2.45) is 5.92 Å². The summed E-state index contributed by atoms with van der Waals surface area (Å²) < 4.78 is 26.2. The molecular weight excluding hydrogens is 222 g/mol. The highest BCUT2D eigenvalue weighted by Crippen LogP contribution is 2.42. The molecule has 1 aromatic rings. The van der Waals surface area contributed by atoms with Gasteiger partial charge in [-0.2, -0.15) is 0 Å². The Morgan fingerprint density at radius 2 is 2.41 bits per heavy atom. The summed E-state index contributed by atoms with van der Waals surface area (Å²) in [5.74, 6) is -2.33. The van der Waals surface area contributed by atoms with Crippen LogP contribution < -0.4 is 5.32 Å². The fraction of sp³-hybridized carbons (Fsp3) is 0.615. The molecule has 0 saturated heterocycles. The standard InChI is InChI=1S/C13H18F2N2/c1-16-12(11-3-2-6-17-9-11)7-10-4-5-13(14,15)8-10/h2-3,6,9-10,12,16H,4-5,7-8H2,1H3. The second-order valence-corrected chi connectivity index (χ2v) is 4.83. The van der Waals surface area contributed by atoms with E-state index < -0.39 is 5.92 Å². The van der Waals surface area contributed by atoms with E-state index in [1.165, 1.54) is 0 Å². The minimum absolute atomic E-state index is 0.0332. The van der Waals surface area contributed by atoms with Gasteiger partial charge in [-0.3, -0.25) is 4.98 Å². The summed E-state index contributed by atoms with van der Waals surface area (Å²) in [5.41, 5.74) is 1.07. The maximum absolute atomic E-state index is 13.1. The largest absolute Gasteiger partial charge is 0.313 e. The van der Waals surface area contributed by atoms with Gasteiger partial charge in [-0.05, 0) is 37.4 Å². The molecule has 0 spiro atoms. The summed E-state index contributed by atoms with van der Waals surface area (Å²) >= 11 is 0. The zero-order valence-corrected chi connectivity index (χ0v) is 10.00. The van der Waals surface area contributed by atoms with E-state index in [0.717, 1.165) is 12.0 Å². The average Bonchev–Trinajstić information content (AvgIpc) is 2.67. The van der Waals surface area contributed by atoms with Crippen LogP contribution in [0.4, 0.5) is 8.78 Å². The van der Waals surface area contributed by atoms with Gasteiger partial charge in [-0.25, -0.2) is 8.78 Å². The molecule has 1 aliphatic rings. The van der Waals surface area contributed by atoms with Gasteiger partial charge in [-0.1, -0.05) is 6.07 Å². The van der Waals surface area contributed by atoms with E-state index in [9.17, 15) is 8.78 Å². The fourth-order valence-electron chi connectivity index (χ4n) is 2.58. The van der Waals surface area contributed by atoms with Gasteiger partial charge in [0.2, 0.25) is 5.92 Å². The van der Waals surface area contributed by atoms with Gasteiger partial charge in [0, 0.05) is 31.3 Å². The third-order valence-electron chi connectivity index (χ3n) is 3.51. The Morgan fingerprint density at radius 1 is 1.59 bits per heavy atom. The Morgan fingerprint density at radius 3 is 2.94 bits per heavy atom. The minimum atomic E-state index is -2.45. The monoisotopic (exact) mass is 240 g/mol. The van der Waals surface area contributed by atoms with Crippen LogP contribution in [0.3, 0.4) is 0 Å². The second-order valence-electron chi connectivity index (χ2n) is 4.83. The summed E-state index contributed by atoms with van der Waals surface area (Å²) in [7, 11) is 1.87. The van der Waals surface area contributed by atoms with Gasteiger partial charge in [0.25, 0.3) is 0 Å². The van der Waals surface area contributed by atoms with Crippen LogP contribution >= 0.6 is 0 Å². The van der Waals surface area contributed by atoms with Gasteiger partial charge in [-0.15, -0.1) is 0 Å². The molecule has 2 unspecified atom stereocenters. The number of alkyl halides is 2. The van der Waals surface area contributed by atoms with Crippen molar-refractivity contribution in [1.29, 1.82) is 0 Å². The van der Waals surface area contributed by atoms with Crippen molar-refractivity contribution in [3.63, 3.8) is 0 Å². The third kappa shape index (κ3) is 3.22. The number of nitrogens with one attached hydrogen (secondary N) is 1. The van der Waals surface area contributed by atoms with Gasteiger partial charge in [0.15, 0.2) is 0 Å². The molecule has 0 amide bonds. The second kappa shape index (κ2) is 5.08. The first-order valence-corrected chi connectivity index (χ1v) is 6.06. The van der Waals surface area contributed by atoms with E-state index in [1.54, 1.807) is 12.4 Å². The van der Waals surface area contributed by atoms with Crippen LogP contribution in [0, 0.1) is 5.92 Å². The summed E-state index contributed by atoms with van der Waals surface area (Å²) in [6.07, 6.45) is 4.99. The van der Waals surface area contributed by atoms with E-state index >= 15 is 0 Å². The summed E-state index contributed by atoms with van der Waals surface area (Å²) in [6.45, 7) is 0. The molecule has 1 heterocycles. The first-order chi connectivity index (χ1) is 8.11. The molecule has 2 atom stereocenters. The van der Waals surface area contributed by atoms with E-state index in [0.29, 0.717) is 6.42 Å². The summed E-state index contributed by atoms with van der Waals surface area (Å²) in [4.78, 5) is 4.07. The molecule has 1 aliphatic carbocycles. The Bertz CT molecular complexity index is 354. The van der Waals surface area contributed by atoms with E-state index in [4.69, 9.17) is 0 Å². The molecule has 2 rings (SSSR count). The highest BCUT2D eigenvalue weighted by Gasteiger charge is 2.39. The highest BCUT2D eigenvalue weighted by molar-refractivity contribution is 5.14. The maximum Gasteiger partial charge on any atom is 0.248 e. The van der Waals surface area contributed by atoms with Crippen LogP contribution in [0.15, 0.2) is 24.5 Å². The SMILES string of the molecule is CNC(CC1CCC(F)(F)C1)c1cccnc1. The highest BCUT2D eigenvalue weighted by atomic mass is 19.3. The van der Waals surface area contributed by atoms with Gasteiger partial charge in [0.1, 0.15) is 0 Å². The van der Waals surface area contributed by atoms with Crippen LogP contribution in [-0.4, -0.2) is 18.0 Å². The van der Waals surface area contributed by atoms with Gasteiger partial charge < -0.3 is 5.32 Å². The Hall–Kier alpha value is -1.03. The first kappa shape index (κ1) is 12.4. The number of hydrogen-bond donors (Lipinski definition) is 1. The van der Waals surface area contributed by atoms with Crippen LogP contribution in [-0.2, 0) is 0 Å². The van der Waals surface area contributed by atoms with E-state index in [1.807, 2.05) is 19.2 Å². The molecule has 1 aromatic heterocycles. The lowest BCUT2D eigenvalue weighted by Gasteiger charge is -2.20. The smallest absolute Gasteiger partial charge is 0.248 e. The molecule has 0 bridgehead atoms. The molecule has 2 nitrogen and oxygen atoms in total. The zero-order chi connectivity index (χ0) is 12.3. The molecule has 0 aromatic carbocycles. The van der Waals surface area contributed by atoms with Crippen molar-refractivity contribution in [3.8, 4) is 0 Å². The minimum Gasteiger partial charge on any atom is -0.313 e. The lowest BCUT2D eigenvalue weighted by Crippen LogP contribution is -2.20. The van der Waals surface area contributed by atoms with Crippen molar-refractivity contribution in [2.45, 2.75) is 37.6 Å². The van der Waals surface area contributed by atoms with Crippen molar-refractivity contribution in [3.05, 3.63) is 30.1 Å². The van der Waals surface area contributed by atoms with E-state index in [2.05, 4.69) is 10.3 Å². The number of aromatic nitrogens is 1. The normalized spacial score (nSPS) is 24.8. The summed E-state index contributed by atoms with van der Waals surface area (Å²) in [5, 5.41) is 3.19. The molecule has 0 aliphatic heterocycles. The fourth-order valence-corrected chi connectivity index (χ4v) is 2.58. The molecule has 1 saturated carbocycles. The van der Waals surface area contributed by atoms with Crippen molar-refractivity contribution in [1.82, 2.24) is 10.3 Å². The lowest BCUT2D eigenvalue weighted by atomic mass is 9.94. The van der Waals surface area contributed by atoms with Crippen molar-refractivity contribution < 1.29 is 8.78 Å². The predicted molar refractivity (Wildman–Crippen MR) is 62.9 cm³/mol. The predicted octanol–water partition coefficient (Wildman–Crippen LogP) is 3.17. The molecule has 1 fully saturated rings. The van der Waals surface area contributed by atoms with Crippen molar-refractivity contribution >= 4 is 0 Å². The third-order valence-corrected chi connectivity index (χ3v) is 3.51. The van der Waals surface area contributed by atoms with Crippen LogP contribution in [0.2, 0.25) is 0 Å². The molecule has 17 heavy (non-hydrogen) atoms.